The lowest BCUT2D eigenvalue weighted by molar-refractivity contribution is -0.00000529. The smallest absolute Gasteiger partial charge is 0.123 e. The van der Waals surface area contributed by atoms with Crippen molar-refractivity contribution in [2.24, 2.45) is 0 Å². The fourth-order valence-corrected chi connectivity index (χ4v) is 1.78. The van der Waals surface area contributed by atoms with Gasteiger partial charge in [0.25, 0.3) is 0 Å². The van der Waals surface area contributed by atoms with Gasteiger partial charge in [0.15, 0.2) is 0 Å². The van der Waals surface area contributed by atoms with E-state index in [9.17, 15) is 0 Å². The molecule has 0 aliphatic heterocycles. The van der Waals surface area contributed by atoms with Crippen LogP contribution in [0.25, 0.3) is 0 Å². The maximum atomic E-state index is 8.61. The molecule has 0 atom stereocenters. The van der Waals surface area contributed by atoms with Crippen molar-refractivity contribution in [3.05, 3.63) is 28.8 Å². The first-order chi connectivity index (χ1) is 8.77. The first kappa shape index (κ1) is 18.5. The Morgan fingerprint density at radius 3 is 2.63 bits per heavy atom. The highest BCUT2D eigenvalue weighted by Crippen LogP contribution is 2.22. The average Bonchev–Trinajstić information content (AvgIpc) is 2.37. The predicted octanol–water partition coefficient (Wildman–Crippen LogP) is -1.59. The number of aliphatic hydroxyl groups is 1. The van der Waals surface area contributed by atoms with Gasteiger partial charge in [-0.15, -0.1) is 0 Å². The first-order valence-electron chi connectivity index (χ1n) is 6.21. The number of hydrogen-bond donors (Lipinski definition) is 3. The zero-order chi connectivity index (χ0) is 13.2. The number of aliphatic hydroxyl groups excluding tert-OH is 1. The number of rotatable bonds is 9. The largest absolute Gasteiger partial charge is 1.00 e. The van der Waals surface area contributed by atoms with Gasteiger partial charge in [-0.05, 0) is 25.1 Å². The van der Waals surface area contributed by atoms with Gasteiger partial charge >= 0.3 is 0 Å². The van der Waals surface area contributed by atoms with Crippen LogP contribution in [0.2, 0.25) is 5.02 Å². The molecule has 3 N–H and O–H groups in total. The molecule has 0 amide bonds. The van der Waals surface area contributed by atoms with Crippen LogP contribution in [-0.4, -0.2) is 38.0 Å². The topological polar surface area (TPSA) is 53.5 Å². The van der Waals surface area contributed by atoms with Crippen LogP contribution in [0.1, 0.15) is 12.5 Å². The molecule has 1 rings (SSSR count). The lowest BCUT2D eigenvalue weighted by Gasteiger charge is -2.11. The van der Waals surface area contributed by atoms with E-state index in [-0.39, 0.29) is 19.0 Å². The fourth-order valence-electron chi connectivity index (χ4n) is 1.59. The van der Waals surface area contributed by atoms with E-state index in [1.165, 1.54) is 0 Å². The summed E-state index contributed by atoms with van der Waals surface area (Å²) in [6, 6.07) is 5.65. The number of nitrogens with one attached hydrogen (secondary N) is 2. The van der Waals surface area contributed by atoms with E-state index in [1.807, 2.05) is 25.1 Å². The molecule has 0 saturated heterocycles. The molecule has 4 nitrogen and oxygen atoms in total. The van der Waals surface area contributed by atoms with Gasteiger partial charge in [0.2, 0.25) is 0 Å². The van der Waals surface area contributed by atoms with Crippen LogP contribution >= 0.6 is 11.6 Å². The second kappa shape index (κ2) is 11.3. The highest BCUT2D eigenvalue weighted by molar-refractivity contribution is 6.30. The predicted molar refractivity (Wildman–Crippen MR) is 74.3 cm³/mol. The zero-order valence-electron chi connectivity index (χ0n) is 11.1. The van der Waals surface area contributed by atoms with Crippen molar-refractivity contribution in [3.8, 4) is 5.75 Å². The minimum atomic E-state index is 0. The van der Waals surface area contributed by atoms with Gasteiger partial charge < -0.3 is 32.9 Å². The van der Waals surface area contributed by atoms with Crippen molar-refractivity contribution in [2.75, 3.05) is 32.8 Å². The third-order valence-corrected chi connectivity index (χ3v) is 2.64. The lowest BCUT2D eigenvalue weighted by Crippen LogP contribution is -3.00. The number of benzene rings is 1. The first-order valence-corrected chi connectivity index (χ1v) is 6.59. The molecule has 0 aliphatic rings. The Bertz CT molecular complexity index is 351. The van der Waals surface area contributed by atoms with Crippen molar-refractivity contribution in [3.63, 3.8) is 0 Å². The van der Waals surface area contributed by atoms with E-state index < -0.39 is 0 Å². The summed E-state index contributed by atoms with van der Waals surface area (Å²) in [5.74, 6) is 0.873. The highest BCUT2D eigenvalue weighted by atomic mass is 35.5. The van der Waals surface area contributed by atoms with Gasteiger partial charge in [0, 0.05) is 36.8 Å². The van der Waals surface area contributed by atoms with E-state index in [2.05, 4.69) is 10.6 Å². The Kier molecular flexibility index (Phi) is 11.0. The third kappa shape index (κ3) is 7.60. The van der Waals surface area contributed by atoms with Crippen LogP contribution in [0, 0.1) is 0 Å². The van der Waals surface area contributed by atoms with Crippen molar-refractivity contribution < 1.29 is 22.3 Å². The van der Waals surface area contributed by atoms with Crippen LogP contribution in [0.3, 0.4) is 0 Å². The molecule has 6 heteroatoms. The Hall–Kier alpha value is -0.520. The molecule has 110 valence electrons. The van der Waals surface area contributed by atoms with Gasteiger partial charge in [0.05, 0.1) is 13.2 Å². The molecular weight excluding hydrogens is 287 g/mol. The Labute approximate surface area is 125 Å². The summed E-state index contributed by atoms with van der Waals surface area (Å²) in [4.78, 5) is 0. The van der Waals surface area contributed by atoms with Crippen LogP contribution < -0.4 is 27.8 Å². The van der Waals surface area contributed by atoms with Gasteiger partial charge in [-0.1, -0.05) is 11.6 Å². The van der Waals surface area contributed by atoms with E-state index in [0.717, 1.165) is 30.9 Å². The van der Waals surface area contributed by atoms with E-state index >= 15 is 0 Å². The summed E-state index contributed by atoms with van der Waals surface area (Å²) in [6.07, 6.45) is 0. The normalized spacial score (nSPS) is 10.1. The van der Waals surface area contributed by atoms with Gasteiger partial charge in [-0.25, -0.2) is 0 Å². The molecule has 0 heterocycles. The standard InChI is InChI=1S/C13H21ClN2O2.ClH/c1-2-18-13-4-3-12(14)9-11(13)10-16-6-5-15-7-8-17;/h3-4,9,15-17H,2,5-8,10H2,1H3;1H/p-1. The van der Waals surface area contributed by atoms with Crippen LogP contribution in [0.5, 0.6) is 5.75 Å². The molecular formula is C13H21Cl2N2O2-. The minimum Gasteiger partial charge on any atom is -1.00 e. The summed E-state index contributed by atoms with van der Waals surface area (Å²) in [5, 5.41) is 15.7. The molecule has 19 heavy (non-hydrogen) atoms. The summed E-state index contributed by atoms with van der Waals surface area (Å²) >= 11 is 5.97. The molecule has 0 radical (unpaired) electrons. The maximum absolute atomic E-state index is 8.61. The third-order valence-electron chi connectivity index (χ3n) is 2.40. The number of hydrogen-bond acceptors (Lipinski definition) is 4. The SMILES string of the molecule is CCOc1ccc(Cl)cc1CNCCNCCO.[Cl-]. The second-order valence-corrected chi connectivity index (χ2v) is 4.27. The monoisotopic (exact) mass is 307 g/mol. The molecule has 0 aliphatic carbocycles. The highest BCUT2D eigenvalue weighted by Gasteiger charge is 2.03. The Morgan fingerprint density at radius 1 is 1.21 bits per heavy atom. The van der Waals surface area contributed by atoms with E-state index in [0.29, 0.717) is 18.2 Å². The average molecular weight is 308 g/mol. The fraction of sp³-hybridized carbons (Fsp3) is 0.538. The molecule has 1 aromatic carbocycles. The summed E-state index contributed by atoms with van der Waals surface area (Å²) in [5.41, 5.74) is 1.06. The van der Waals surface area contributed by atoms with Gasteiger partial charge in [-0.2, -0.15) is 0 Å². The number of halogens is 2. The molecule has 1 aromatic rings. The molecule has 0 fully saturated rings. The second-order valence-electron chi connectivity index (χ2n) is 3.84. The maximum Gasteiger partial charge on any atom is 0.123 e. The van der Waals surface area contributed by atoms with Gasteiger partial charge in [-0.3, -0.25) is 0 Å². The molecule has 0 saturated carbocycles. The van der Waals surface area contributed by atoms with Crippen molar-refractivity contribution in [1.82, 2.24) is 10.6 Å². The van der Waals surface area contributed by atoms with Gasteiger partial charge in [0.1, 0.15) is 5.75 Å². The lowest BCUT2D eigenvalue weighted by atomic mass is 10.2. The summed E-state index contributed by atoms with van der Waals surface area (Å²) < 4.78 is 5.54. The zero-order valence-corrected chi connectivity index (χ0v) is 12.6. The molecule has 0 bridgehead atoms. The van der Waals surface area contributed by atoms with Crippen molar-refractivity contribution in [1.29, 1.82) is 0 Å². The minimum absolute atomic E-state index is 0. The van der Waals surface area contributed by atoms with E-state index in [4.69, 9.17) is 21.4 Å². The molecule has 0 spiro atoms. The van der Waals surface area contributed by atoms with Crippen molar-refractivity contribution >= 4 is 11.6 Å². The Morgan fingerprint density at radius 2 is 1.95 bits per heavy atom. The molecule has 0 unspecified atom stereocenters. The van der Waals surface area contributed by atoms with Crippen LogP contribution in [0.15, 0.2) is 18.2 Å². The summed E-state index contributed by atoms with van der Waals surface area (Å²) in [6.45, 7) is 5.78. The molecule has 0 aromatic heterocycles. The number of ether oxygens (including phenoxy) is 1. The van der Waals surface area contributed by atoms with Crippen LogP contribution in [-0.2, 0) is 6.54 Å². The Balaban J connectivity index is 0.00000324. The van der Waals surface area contributed by atoms with Crippen LogP contribution in [0.4, 0.5) is 0 Å². The van der Waals surface area contributed by atoms with Crippen molar-refractivity contribution in [2.45, 2.75) is 13.5 Å². The van der Waals surface area contributed by atoms with E-state index in [1.54, 1.807) is 0 Å². The quantitative estimate of drug-likeness (QED) is 0.482. The summed E-state index contributed by atoms with van der Waals surface area (Å²) in [7, 11) is 0.